The van der Waals surface area contributed by atoms with Crippen molar-refractivity contribution in [2.24, 2.45) is 11.3 Å². The van der Waals surface area contributed by atoms with Gasteiger partial charge in [-0.05, 0) is 63.4 Å². The molecule has 1 unspecified atom stereocenters. The highest BCUT2D eigenvalue weighted by molar-refractivity contribution is 7.99. The Balaban J connectivity index is 1.28. The molecule has 2 atom stereocenters. The van der Waals surface area contributed by atoms with Gasteiger partial charge in [0.2, 0.25) is 5.95 Å². The monoisotopic (exact) mass is 518 g/mol. The number of rotatable bonds is 6. The highest BCUT2D eigenvalue weighted by Crippen LogP contribution is 2.51. The number of piperidine rings is 1. The first kappa shape index (κ1) is 24.2. The lowest BCUT2D eigenvalue weighted by Crippen LogP contribution is -2.40. The summed E-state index contributed by atoms with van der Waals surface area (Å²) in [4.78, 5) is 13.6. The molecule has 0 N–H and O–H groups in total. The van der Waals surface area contributed by atoms with Gasteiger partial charge in [0.1, 0.15) is 4.75 Å². The van der Waals surface area contributed by atoms with Crippen molar-refractivity contribution in [2.45, 2.75) is 66.9 Å². The minimum atomic E-state index is -0.786. The molecule has 0 bridgehead atoms. The lowest BCUT2D eigenvalue weighted by atomic mass is 9.76. The van der Waals surface area contributed by atoms with E-state index < -0.39 is 11.2 Å². The van der Waals surface area contributed by atoms with Gasteiger partial charge in [-0.1, -0.05) is 34.5 Å². The van der Waals surface area contributed by atoms with E-state index in [9.17, 15) is 4.55 Å². The Morgan fingerprint density at radius 1 is 1.21 bits per heavy atom. The molecule has 0 aromatic carbocycles. The van der Waals surface area contributed by atoms with Gasteiger partial charge in [-0.2, -0.15) is 5.10 Å². The van der Waals surface area contributed by atoms with Crippen molar-refractivity contribution in [3.05, 3.63) is 36.0 Å². The number of fused-ring (bicyclic) bond motifs is 1. The minimum absolute atomic E-state index is 0.0931. The summed E-state index contributed by atoms with van der Waals surface area (Å²) in [6.07, 6.45) is 16.4. The van der Waals surface area contributed by atoms with Crippen LogP contribution in [0.5, 0.6) is 0 Å². The maximum Gasteiger partial charge on any atom is 0.211 e. The average Bonchev–Trinajstić information content (AvgIpc) is 3.44. The van der Waals surface area contributed by atoms with Crippen LogP contribution >= 0.6 is 23.4 Å². The van der Waals surface area contributed by atoms with E-state index in [4.69, 9.17) is 16.6 Å². The molecule has 1 aliphatic heterocycles. The summed E-state index contributed by atoms with van der Waals surface area (Å²) in [5, 5.41) is 8.13. The Morgan fingerprint density at radius 2 is 2.00 bits per heavy atom. The summed E-state index contributed by atoms with van der Waals surface area (Å²) < 4.78 is 14.1. The molecule has 1 saturated heterocycles. The van der Waals surface area contributed by atoms with Crippen LogP contribution in [-0.2, 0) is 11.2 Å². The van der Waals surface area contributed by atoms with E-state index in [2.05, 4.69) is 38.3 Å². The number of hydrogen-bond donors (Lipinski definition) is 0. The van der Waals surface area contributed by atoms with E-state index in [1.807, 2.05) is 30.9 Å². The predicted octanol–water partition coefficient (Wildman–Crippen LogP) is 5.26. The number of nitrogens with zero attached hydrogens (tertiary/aromatic N) is 6. The molecule has 3 aromatic rings. The van der Waals surface area contributed by atoms with Crippen LogP contribution in [0, 0.1) is 11.3 Å². The standard InChI is InChI=1S/C24H31ClN6OS2/c1-23(2,34(3)32)14-17-4-6-24(15-17)7-11-30(12-8-24)22-27-16-19(21-26-10-13-31(21)22)33-18-5-9-28-29-20(18)25/h5,9-10,13,16-17H,4,6-8,11-12,14-15H2,1-3H3/t17?,34-/m0/s1. The third-order valence-electron chi connectivity index (χ3n) is 7.71. The topological polar surface area (TPSA) is 82.3 Å². The maximum absolute atomic E-state index is 12.1. The van der Waals surface area contributed by atoms with Gasteiger partial charge in [0, 0.05) is 38.1 Å². The van der Waals surface area contributed by atoms with Gasteiger partial charge >= 0.3 is 0 Å². The van der Waals surface area contributed by atoms with Gasteiger partial charge in [-0.25, -0.2) is 9.97 Å². The lowest BCUT2D eigenvalue weighted by Gasteiger charge is -2.40. The number of halogens is 1. The first-order valence-corrected chi connectivity index (χ1v) is 14.6. The SMILES string of the molecule is C[S@+]([O-])C(C)(C)CC1CCC2(CCN(c3ncc(Sc4ccnnc4Cl)c4nccn34)CC2)C1. The average molecular weight is 519 g/mol. The van der Waals surface area contributed by atoms with Crippen LogP contribution in [0.2, 0.25) is 5.15 Å². The number of anilines is 1. The molecule has 7 nitrogen and oxygen atoms in total. The van der Waals surface area contributed by atoms with E-state index >= 15 is 0 Å². The zero-order chi connectivity index (χ0) is 23.9. The van der Waals surface area contributed by atoms with E-state index in [0.717, 1.165) is 40.9 Å². The molecule has 1 aliphatic carbocycles. The van der Waals surface area contributed by atoms with Crippen molar-refractivity contribution < 1.29 is 4.55 Å². The molecule has 2 fully saturated rings. The highest BCUT2D eigenvalue weighted by Gasteiger charge is 2.44. The van der Waals surface area contributed by atoms with Gasteiger partial charge in [-0.3, -0.25) is 4.40 Å². The number of imidazole rings is 1. The fourth-order valence-corrected chi connectivity index (χ4v) is 7.17. The smallest absolute Gasteiger partial charge is 0.211 e. The van der Waals surface area contributed by atoms with E-state index in [1.165, 1.54) is 43.9 Å². The summed E-state index contributed by atoms with van der Waals surface area (Å²) in [5.41, 5.74) is 1.31. The maximum atomic E-state index is 12.1. The van der Waals surface area contributed by atoms with Gasteiger partial charge < -0.3 is 9.45 Å². The van der Waals surface area contributed by atoms with Gasteiger partial charge in [0.25, 0.3) is 0 Å². The van der Waals surface area contributed by atoms with E-state index in [-0.39, 0.29) is 4.75 Å². The van der Waals surface area contributed by atoms with Crippen LogP contribution in [0.3, 0.4) is 0 Å². The van der Waals surface area contributed by atoms with Crippen molar-refractivity contribution in [3.63, 3.8) is 0 Å². The molecule has 5 rings (SSSR count). The first-order chi connectivity index (χ1) is 16.3. The Labute approximate surface area is 213 Å². The largest absolute Gasteiger partial charge is 0.616 e. The second kappa shape index (κ2) is 9.48. The van der Waals surface area contributed by atoms with Crippen LogP contribution in [0.4, 0.5) is 5.95 Å². The molecule has 2 aliphatic rings. The Morgan fingerprint density at radius 3 is 2.74 bits per heavy atom. The van der Waals surface area contributed by atoms with E-state index in [1.54, 1.807) is 6.20 Å². The summed E-state index contributed by atoms with van der Waals surface area (Å²) in [6.45, 7) is 6.31. The van der Waals surface area contributed by atoms with Crippen LogP contribution in [-0.4, -0.2) is 53.2 Å². The van der Waals surface area contributed by atoms with E-state index in [0.29, 0.717) is 16.5 Å². The normalized spacial score (nSPS) is 21.4. The van der Waals surface area contributed by atoms with Crippen molar-refractivity contribution in [1.29, 1.82) is 0 Å². The molecule has 34 heavy (non-hydrogen) atoms. The molecule has 0 radical (unpaired) electrons. The van der Waals surface area contributed by atoms with Crippen molar-refractivity contribution in [2.75, 3.05) is 24.2 Å². The van der Waals surface area contributed by atoms with Crippen LogP contribution in [0.25, 0.3) is 5.65 Å². The lowest BCUT2D eigenvalue weighted by molar-refractivity contribution is 0.212. The van der Waals surface area contributed by atoms with Crippen LogP contribution < -0.4 is 4.90 Å². The summed E-state index contributed by atoms with van der Waals surface area (Å²) in [6, 6.07) is 1.85. The minimum Gasteiger partial charge on any atom is -0.616 e. The van der Waals surface area contributed by atoms with Gasteiger partial charge in [0.05, 0.1) is 22.2 Å². The summed E-state index contributed by atoms with van der Waals surface area (Å²) in [5.74, 6) is 1.64. The third kappa shape index (κ3) is 4.76. The molecular formula is C24H31ClN6OS2. The Bertz CT molecular complexity index is 1160. The summed E-state index contributed by atoms with van der Waals surface area (Å²) >= 11 is 6.93. The van der Waals surface area contributed by atoms with Crippen LogP contribution in [0.1, 0.15) is 52.4 Å². The molecule has 10 heteroatoms. The number of aromatic nitrogens is 5. The van der Waals surface area contributed by atoms with Crippen LogP contribution in [0.15, 0.2) is 40.6 Å². The van der Waals surface area contributed by atoms with Crippen molar-refractivity contribution in [3.8, 4) is 0 Å². The third-order valence-corrected chi connectivity index (χ3v) is 10.9. The zero-order valence-corrected chi connectivity index (χ0v) is 22.3. The van der Waals surface area contributed by atoms with Gasteiger partial charge in [0.15, 0.2) is 10.8 Å². The molecular weight excluding hydrogens is 488 g/mol. The predicted molar refractivity (Wildman–Crippen MR) is 138 cm³/mol. The second-order valence-electron chi connectivity index (χ2n) is 10.3. The molecule has 182 valence electrons. The Kier molecular flexibility index (Phi) is 6.74. The molecule has 1 saturated carbocycles. The molecule has 1 spiro atoms. The Hall–Kier alpha value is -1.55. The molecule has 3 aromatic heterocycles. The van der Waals surface area contributed by atoms with Crippen molar-refractivity contribution in [1.82, 2.24) is 24.6 Å². The second-order valence-corrected chi connectivity index (χ2v) is 13.8. The van der Waals surface area contributed by atoms with Crippen molar-refractivity contribution >= 4 is 46.1 Å². The fourth-order valence-electron chi connectivity index (χ4n) is 5.64. The van der Waals surface area contributed by atoms with Gasteiger partial charge in [-0.15, -0.1) is 5.10 Å². The fraction of sp³-hybridized carbons (Fsp3) is 0.583. The highest BCUT2D eigenvalue weighted by atomic mass is 35.5. The zero-order valence-electron chi connectivity index (χ0n) is 19.9. The quantitative estimate of drug-likeness (QED) is 0.412. The molecule has 4 heterocycles. The number of hydrogen-bond acceptors (Lipinski definition) is 7. The first-order valence-electron chi connectivity index (χ1n) is 11.8. The summed E-state index contributed by atoms with van der Waals surface area (Å²) in [7, 11) is 0. The molecule has 0 amide bonds.